The van der Waals surface area contributed by atoms with E-state index < -0.39 is 16.1 Å². The van der Waals surface area contributed by atoms with Gasteiger partial charge in [0.2, 0.25) is 15.9 Å². The predicted molar refractivity (Wildman–Crippen MR) is 71.6 cm³/mol. The first-order valence-corrected chi connectivity index (χ1v) is 8.46. The summed E-state index contributed by atoms with van der Waals surface area (Å²) in [6.45, 7) is 3.67. The first-order valence-electron chi connectivity index (χ1n) is 6.57. The Bertz CT molecular complexity index is 373. The Hall–Kier alpha value is -0.620. The second-order valence-electron chi connectivity index (χ2n) is 5.46. The van der Waals surface area contributed by atoms with Crippen molar-refractivity contribution in [1.29, 1.82) is 0 Å². The van der Waals surface area contributed by atoms with Crippen LogP contribution in [0.25, 0.3) is 0 Å². The summed E-state index contributed by atoms with van der Waals surface area (Å²) in [5.74, 6) is -0.273. The lowest BCUT2D eigenvalue weighted by Crippen LogP contribution is -2.52. The molecule has 0 heterocycles. The first kappa shape index (κ1) is 15.4. The smallest absolute Gasteiger partial charge is 0.238 e. The zero-order valence-corrected chi connectivity index (χ0v) is 12.2. The van der Waals surface area contributed by atoms with E-state index in [1.165, 1.54) is 6.42 Å². The van der Waals surface area contributed by atoms with Gasteiger partial charge in [0, 0.05) is 6.04 Å². The van der Waals surface area contributed by atoms with Gasteiger partial charge in [0.25, 0.3) is 0 Å². The molecule has 106 valence electrons. The number of amides is 1. The third kappa shape index (κ3) is 5.35. The molecular weight excluding hydrogens is 252 g/mol. The Morgan fingerprint density at radius 2 is 1.72 bits per heavy atom. The Balaban J connectivity index is 2.59. The predicted octanol–water partition coefficient (Wildman–Crippen LogP) is 1.01. The summed E-state index contributed by atoms with van der Waals surface area (Å²) in [5, 5.41) is 2.96. The normalized spacial score (nSPS) is 19.8. The van der Waals surface area contributed by atoms with Crippen LogP contribution in [0.1, 0.15) is 46.0 Å². The molecule has 0 bridgehead atoms. The molecule has 0 spiro atoms. The number of hydrogen-bond acceptors (Lipinski definition) is 3. The molecule has 18 heavy (non-hydrogen) atoms. The molecule has 5 nitrogen and oxygen atoms in total. The van der Waals surface area contributed by atoms with Crippen LogP contribution in [0.3, 0.4) is 0 Å². The van der Waals surface area contributed by atoms with Crippen LogP contribution >= 0.6 is 0 Å². The largest absolute Gasteiger partial charge is 0.352 e. The Morgan fingerprint density at radius 3 is 2.17 bits per heavy atom. The number of carbonyl (C=O) groups is 1. The molecule has 1 fully saturated rings. The summed E-state index contributed by atoms with van der Waals surface area (Å²) in [7, 11) is -3.37. The molecule has 1 unspecified atom stereocenters. The molecule has 1 aliphatic rings. The van der Waals surface area contributed by atoms with Crippen LogP contribution in [0.5, 0.6) is 0 Å². The van der Waals surface area contributed by atoms with Crippen LogP contribution in [0, 0.1) is 5.92 Å². The van der Waals surface area contributed by atoms with Gasteiger partial charge < -0.3 is 5.32 Å². The standard InChI is InChI=1S/C12H24N2O3S/c1-9(2)11(14-18(3,16)17)12(15)13-10-7-5-4-6-8-10/h9-11,14H,4-8H2,1-3H3,(H,13,15). The van der Waals surface area contributed by atoms with Gasteiger partial charge in [-0.15, -0.1) is 0 Å². The number of hydrogen-bond donors (Lipinski definition) is 2. The van der Waals surface area contributed by atoms with E-state index in [0.29, 0.717) is 0 Å². The summed E-state index contributed by atoms with van der Waals surface area (Å²) >= 11 is 0. The molecule has 0 aliphatic heterocycles. The zero-order valence-electron chi connectivity index (χ0n) is 11.4. The van der Waals surface area contributed by atoms with E-state index in [2.05, 4.69) is 10.0 Å². The molecule has 2 N–H and O–H groups in total. The molecular formula is C12H24N2O3S. The number of rotatable bonds is 5. The fraction of sp³-hybridized carbons (Fsp3) is 0.917. The van der Waals surface area contributed by atoms with Crippen molar-refractivity contribution in [3.8, 4) is 0 Å². The van der Waals surface area contributed by atoms with Gasteiger partial charge in [-0.3, -0.25) is 4.79 Å². The van der Waals surface area contributed by atoms with Crippen molar-refractivity contribution < 1.29 is 13.2 Å². The highest BCUT2D eigenvalue weighted by molar-refractivity contribution is 7.88. The van der Waals surface area contributed by atoms with Crippen LogP contribution < -0.4 is 10.0 Å². The molecule has 1 saturated carbocycles. The van der Waals surface area contributed by atoms with Crippen LogP contribution in [0.15, 0.2) is 0 Å². The summed E-state index contributed by atoms with van der Waals surface area (Å²) in [6.07, 6.45) is 6.57. The van der Waals surface area contributed by atoms with Crippen molar-refractivity contribution >= 4 is 15.9 Å². The monoisotopic (exact) mass is 276 g/mol. The van der Waals surface area contributed by atoms with E-state index >= 15 is 0 Å². The van der Waals surface area contributed by atoms with Crippen molar-refractivity contribution in [2.45, 2.75) is 58.0 Å². The van der Waals surface area contributed by atoms with Crippen molar-refractivity contribution in [2.75, 3.05) is 6.26 Å². The molecule has 1 amide bonds. The lowest BCUT2D eigenvalue weighted by Gasteiger charge is -2.27. The Kier molecular flexibility index (Phi) is 5.59. The maximum absolute atomic E-state index is 12.1. The van der Waals surface area contributed by atoms with Gasteiger partial charge in [0.15, 0.2) is 0 Å². The SMILES string of the molecule is CC(C)C(NS(C)(=O)=O)C(=O)NC1CCCCC1. The van der Waals surface area contributed by atoms with Crippen LogP contribution in [0.2, 0.25) is 0 Å². The highest BCUT2D eigenvalue weighted by Crippen LogP contribution is 2.17. The average Bonchev–Trinajstić information content (AvgIpc) is 2.25. The fourth-order valence-corrected chi connectivity index (χ4v) is 3.10. The van der Waals surface area contributed by atoms with Crippen LogP contribution in [-0.2, 0) is 14.8 Å². The Morgan fingerprint density at radius 1 is 1.17 bits per heavy atom. The molecule has 6 heteroatoms. The van der Waals surface area contributed by atoms with Gasteiger partial charge >= 0.3 is 0 Å². The lowest BCUT2D eigenvalue weighted by molar-refractivity contribution is -0.124. The highest BCUT2D eigenvalue weighted by atomic mass is 32.2. The van der Waals surface area contributed by atoms with Crippen molar-refractivity contribution in [1.82, 2.24) is 10.0 Å². The molecule has 0 aromatic carbocycles. The van der Waals surface area contributed by atoms with E-state index in [1.807, 2.05) is 13.8 Å². The van der Waals surface area contributed by atoms with E-state index in [1.54, 1.807) is 0 Å². The van der Waals surface area contributed by atoms with Crippen LogP contribution in [-0.4, -0.2) is 32.7 Å². The third-order valence-corrected chi connectivity index (χ3v) is 3.92. The number of nitrogens with one attached hydrogen (secondary N) is 2. The van der Waals surface area contributed by atoms with Crippen molar-refractivity contribution in [2.24, 2.45) is 5.92 Å². The summed E-state index contributed by atoms with van der Waals surface area (Å²) < 4.78 is 24.9. The van der Waals surface area contributed by atoms with E-state index in [-0.39, 0.29) is 17.9 Å². The third-order valence-electron chi connectivity index (χ3n) is 3.24. The van der Waals surface area contributed by atoms with Crippen molar-refractivity contribution in [3.63, 3.8) is 0 Å². The van der Waals surface area contributed by atoms with Gasteiger partial charge in [-0.05, 0) is 18.8 Å². The summed E-state index contributed by atoms with van der Waals surface area (Å²) in [6, 6.07) is -0.476. The van der Waals surface area contributed by atoms with Crippen molar-refractivity contribution in [3.05, 3.63) is 0 Å². The average molecular weight is 276 g/mol. The van der Waals surface area contributed by atoms with Crippen LogP contribution in [0.4, 0.5) is 0 Å². The minimum atomic E-state index is -3.37. The van der Waals surface area contributed by atoms with Gasteiger partial charge in [-0.2, -0.15) is 0 Å². The van der Waals surface area contributed by atoms with Gasteiger partial charge in [0.1, 0.15) is 6.04 Å². The maximum Gasteiger partial charge on any atom is 0.238 e. The Labute approximate surface area is 110 Å². The minimum Gasteiger partial charge on any atom is -0.352 e. The topological polar surface area (TPSA) is 75.3 Å². The minimum absolute atomic E-state index is 0.0664. The second kappa shape index (κ2) is 6.52. The highest BCUT2D eigenvalue weighted by Gasteiger charge is 2.27. The number of carbonyl (C=O) groups excluding carboxylic acids is 1. The summed E-state index contributed by atoms with van der Waals surface area (Å²) in [4.78, 5) is 12.1. The van der Waals surface area contributed by atoms with E-state index in [4.69, 9.17) is 0 Å². The summed E-state index contributed by atoms with van der Waals surface area (Å²) in [5.41, 5.74) is 0. The second-order valence-corrected chi connectivity index (χ2v) is 7.24. The molecule has 1 rings (SSSR count). The molecule has 0 radical (unpaired) electrons. The lowest BCUT2D eigenvalue weighted by atomic mass is 9.94. The first-order chi connectivity index (χ1) is 8.29. The number of sulfonamides is 1. The quantitative estimate of drug-likeness (QED) is 0.787. The zero-order chi connectivity index (χ0) is 13.8. The van der Waals surface area contributed by atoms with E-state index in [9.17, 15) is 13.2 Å². The van der Waals surface area contributed by atoms with Gasteiger partial charge in [-0.1, -0.05) is 33.1 Å². The molecule has 1 aliphatic carbocycles. The molecule has 1 atom stereocenters. The molecule has 0 aromatic rings. The van der Waals surface area contributed by atoms with Gasteiger partial charge in [-0.25, -0.2) is 13.1 Å². The van der Waals surface area contributed by atoms with Gasteiger partial charge in [0.05, 0.1) is 6.26 Å². The molecule has 0 aromatic heterocycles. The van der Waals surface area contributed by atoms with E-state index in [0.717, 1.165) is 31.9 Å². The maximum atomic E-state index is 12.1. The molecule has 0 saturated heterocycles. The fourth-order valence-electron chi connectivity index (χ4n) is 2.26.